The second-order valence-electron chi connectivity index (χ2n) is 9.05. The Hall–Kier alpha value is -4.20. The molecule has 0 aliphatic carbocycles. The van der Waals surface area contributed by atoms with Crippen molar-refractivity contribution >= 4 is 30.2 Å². The van der Waals surface area contributed by atoms with Crippen LogP contribution in [-0.4, -0.2) is 60.3 Å². The molecule has 3 aromatic rings. The van der Waals surface area contributed by atoms with Crippen LogP contribution in [0.3, 0.4) is 0 Å². The normalized spacial score (nSPS) is 12.9. The van der Waals surface area contributed by atoms with Crippen LogP contribution in [0.5, 0.6) is 11.5 Å². The quantitative estimate of drug-likeness (QED) is 0.318. The third-order valence-corrected chi connectivity index (χ3v) is 6.42. The minimum atomic E-state index is -0.944. The molecule has 1 aliphatic heterocycles. The van der Waals surface area contributed by atoms with E-state index >= 15 is 4.39 Å². The molecular formula is C28H26Cl2FN5O6. The highest BCUT2D eigenvalue weighted by Gasteiger charge is 2.18. The van der Waals surface area contributed by atoms with Gasteiger partial charge < -0.3 is 18.9 Å². The number of ether oxygens (including phenoxy) is 4. The maximum atomic E-state index is 15.5. The Morgan fingerprint density at radius 2 is 1.81 bits per heavy atom. The molecule has 0 amide bonds. The minimum Gasteiger partial charge on any atom is -0.453 e. The molecule has 1 fully saturated rings. The first-order valence-corrected chi connectivity index (χ1v) is 12.9. The lowest BCUT2D eigenvalue weighted by molar-refractivity contribution is 0.00623. The highest BCUT2D eigenvalue weighted by Crippen LogP contribution is 2.35. The third-order valence-electron chi connectivity index (χ3n) is 6.13. The number of carbonyl (C=O) groups is 1. The van der Waals surface area contributed by atoms with Crippen LogP contribution in [0.4, 0.5) is 9.18 Å². The van der Waals surface area contributed by atoms with Crippen LogP contribution in [0.2, 0.25) is 5.02 Å². The van der Waals surface area contributed by atoms with Gasteiger partial charge in [0.2, 0.25) is 0 Å². The van der Waals surface area contributed by atoms with Gasteiger partial charge in [0, 0.05) is 31.6 Å². The molecule has 0 N–H and O–H groups in total. The summed E-state index contributed by atoms with van der Waals surface area (Å²) in [5, 5.41) is 22.6. The second-order valence-corrected chi connectivity index (χ2v) is 9.45. The fraction of sp³-hybridized carbons (Fsp3) is 0.321. The molecule has 0 radical (unpaired) electrons. The van der Waals surface area contributed by atoms with Gasteiger partial charge >= 0.3 is 6.16 Å². The number of halogens is 3. The first-order valence-electron chi connectivity index (χ1n) is 12.5. The molecule has 11 nitrogen and oxygen atoms in total. The molecule has 0 bridgehead atoms. The second kappa shape index (κ2) is 15.1. The van der Waals surface area contributed by atoms with E-state index in [0.717, 1.165) is 17.8 Å². The van der Waals surface area contributed by atoms with E-state index in [0.29, 0.717) is 31.0 Å². The van der Waals surface area contributed by atoms with Crippen LogP contribution in [0.25, 0.3) is 0 Å². The van der Waals surface area contributed by atoms with Crippen molar-refractivity contribution in [3.63, 3.8) is 0 Å². The maximum Gasteiger partial charge on any atom is 0.510 e. The molecule has 42 heavy (non-hydrogen) atoms. The molecule has 4 rings (SSSR count). The fourth-order valence-electron chi connectivity index (χ4n) is 4.06. The largest absolute Gasteiger partial charge is 0.510 e. The Labute approximate surface area is 251 Å². The maximum absolute atomic E-state index is 15.5. The van der Waals surface area contributed by atoms with Crippen molar-refractivity contribution in [1.82, 2.24) is 14.7 Å². The van der Waals surface area contributed by atoms with Crippen molar-refractivity contribution in [1.29, 1.82) is 10.5 Å². The van der Waals surface area contributed by atoms with Crippen LogP contribution in [0.1, 0.15) is 27.9 Å². The summed E-state index contributed by atoms with van der Waals surface area (Å²) in [4.78, 5) is 26.7. The van der Waals surface area contributed by atoms with Gasteiger partial charge in [0.05, 0.1) is 47.2 Å². The van der Waals surface area contributed by atoms with E-state index in [-0.39, 0.29) is 58.6 Å². The van der Waals surface area contributed by atoms with Gasteiger partial charge in [-0.1, -0.05) is 17.7 Å². The van der Waals surface area contributed by atoms with Crippen LogP contribution in [0.15, 0.2) is 41.2 Å². The van der Waals surface area contributed by atoms with Crippen molar-refractivity contribution < 1.29 is 28.1 Å². The molecule has 0 saturated carbocycles. The molecule has 2 aromatic carbocycles. The van der Waals surface area contributed by atoms with E-state index in [4.69, 9.17) is 30.5 Å². The van der Waals surface area contributed by atoms with Crippen LogP contribution >= 0.6 is 24.0 Å². The van der Waals surface area contributed by atoms with E-state index in [1.807, 2.05) is 12.1 Å². The van der Waals surface area contributed by atoms with Gasteiger partial charge in [0.25, 0.3) is 5.56 Å². The van der Waals surface area contributed by atoms with Crippen LogP contribution in [-0.2, 0) is 27.4 Å². The number of nitrogens with zero attached hydrogens (tertiary/aromatic N) is 5. The number of benzene rings is 2. The average molecular weight is 618 g/mol. The lowest BCUT2D eigenvalue weighted by Gasteiger charge is -2.25. The zero-order chi connectivity index (χ0) is 29.4. The number of morpholine rings is 1. The highest BCUT2D eigenvalue weighted by atomic mass is 35.5. The summed E-state index contributed by atoms with van der Waals surface area (Å²) < 4.78 is 37.5. The Kier molecular flexibility index (Phi) is 11.7. The van der Waals surface area contributed by atoms with Gasteiger partial charge in [-0.2, -0.15) is 20.3 Å². The SMILES string of the molecule is Cc1cc(Cc2ccc(Cl)c(Oc3cc(C#N)cc(C#N)c3)c2F)nn(COC(=O)OCCN2CCOCC2)c1=O.Cl. The zero-order valence-corrected chi connectivity index (χ0v) is 24.0. The van der Waals surface area contributed by atoms with Crippen LogP contribution in [0, 0.1) is 35.4 Å². The van der Waals surface area contributed by atoms with Gasteiger partial charge in [-0.3, -0.25) is 9.69 Å². The molecule has 0 atom stereocenters. The number of nitriles is 2. The lowest BCUT2D eigenvalue weighted by Crippen LogP contribution is -2.38. The summed E-state index contributed by atoms with van der Waals surface area (Å²) in [6, 6.07) is 12.3. The summed E-state index contributed by atoms with van der Waals surface area (Å²) >= 11 is 6.20. The molecule has 0 spiro atoms. The first kappa shape index (κ1) is 32.3. The Balaban J connectivity index is 0.00000484. The highest BCUT2D eigenvalue weighted by molar-refractivity contribution is 6.32. The van der Waals surface area contributed by atoms with Gasteiger partial charge in [-0.25, -0.2) is 9.18 Å². The molecule has 14 heteroatoms. The molecular weight excluding hydrogens is 592 g/mol. The smallest absolute Gasteiger partial charge is 0.453 e. The zero-order valence-electron chi connectivity index (χ0n) is 22.5. The molecule has 0 unspecified atom stereocenters. The van der Waals surface area contributed by atoms with E-state index < -0.39 is 24.3 Å². The molecule has 2 heterocycles. The minimum absolute atomic E-state index is 0. The van der Waals surface area contributed by atoms with Gasteiger partial charge in [-0.05, 0) is 42.8 Å². The average Bonchev–Trinajstić information content (AvgIpc) is 2.98. The number of hydrogen-bond donors (Lipinski definition) is 0. The Morgan fingerprint density at radius 3 is 2.48 bits per heavy atom. The summed E-state index contributed by atoms with van der Waals surface area (Å²) in [5.74, 6) is -1.01. The van der Waals surface area contributed by atoms with Crippen LogP contribution < -0.4 is 10.3 Å². The molecule has 220 valence electrons. The third kappa shape index (κ3) is 8.41. The van der Waals surface area contributed by atoms with E-state index in [9.17, 15) is 20.1 Å². The van der Waals surface area contributed by atoms with Crippen molar-refractivity contribution in [2.45, 2.75) is 20.1 Å². The summed E-state index contributed by atoms with van der Waals surface area (Å²) in [7, 11) is 0. The van der Waals surface area contributed by atoms with Crippen molar-refractivity contribution in [2.75, 3.05) is 39.5 Å². The number of rotatable bonds is 9. The fourth-order valence-corrected chi connectivity index (χ4v) is 4.24. The molecule has 1 aromatic heterocycles. The van der Waals surface area contributed by atoms with Crippen molar-refractivity contribution in [3.8, 4) is 23.6 Å². The summed E-state index contributed by atoms with van der Waals surface area (Å²) in [6.07, 6.45) is -0.993. The van der Waals surface area contributed by atoms with Crippen molar-refractivity contribution in [3.05, 3.63) is 85.5 Å². The Morgan fingerprint density at radius 1 is 1.12 bits per heavy atom. The lowest BCUT2D eigenvalue weighted by atomic mass is 10.1. The van der Waals surface area contributed by atoms with Gasteiger partial charge in [0.1, 0.15) is 12.4 Å². The first-order chi connectivity index (χ1) is 19.8. The number of aromatic nitrogens is 2. The van der Waals surface area contributed by atoms with Gasteiger partial charge in [-0.15, -0.1) is 12.4 Å². The number of carbonyl (C=O) groups excluding carboxylic acids is 1. The Bertz CT molecular complexity index is 1550. The van der Waals surface area contributed by atoms with E-state index in [2.05, 4.69) is 10.00 Å². The predicted molar refractivity (Wildman–Crippen MR) is 150 cm³/mol. The number of hydrogen-bond acceptors (Lipinski definition) is 10. The number of aryl methyl sites for hydroxylation is 1. The van der Waals surface area contributed by atoms with E-state index in [1.54, 1.807) is 6.92 Å². The summed E-state index contributed by atoms with van der Waals surface area (Å²) in [6.45, 7) is 4.49. The van der Waals surface area contributed by atoms with Gasteiger partial charge in [0.15, 0.2) is 18.3 Å². The summed E-state index contributed by atoms with van der Waals surface area (Å²) in [5.41, 5.74) is 0.621. The predicted octanol–water partition coefficient (Wildman–Crippen LogP) is 4.34. The standard InChI is InChI=1S/C28H25ClFN5O6.ClH/c1-18-10-22(33-35(27(18)36)17-40-28(37)39-9-6-34-4-7-38-8-5-34)14-21-2-3-24(29)26(25(21)30)41-23-12-19(15-31)11-20(13-23)16-32;/h2-3,10-13H,4-9,14,17H2,1H3;1H. The molecule has 1 aliphatic rings. The molecule has 1 saturated heterocycles. The monoisotopic (exact) mass is 617 g/mol. The topological polar surface area (TPSA) is 140 Å². The van der Waals surface area contributed by atoms with E-state index in [1.165, 1.54) is 36.4 Å². The van der Waals surface area contributed by atoms with Crippen molar-refractivity contribution in [2.24, 2.45) is 0 Å².